The average molecular weight is 363 g/mol. The molecule has 0 heterocycles. The lowest BCUT2D eigenvalue weighted by Crippen LogP contribution is -2.51. The van der Waals surface area contributed by atoms with Crippen LogP contribution in [0.15, 0.2) is 24.3 Å². The van der Waals surface area contributed by atoms with E-state index in [0.29, 0.717) is 5.69 Å². The van der Waals surface area contributed by atoms with Gasteiger partial charge in [0, 0.05) is 5.69 Å². The Morgan fingerprint density at radius 3 is 2.08 bits per heavy atom. The summed E-state index contributed by atoms with van der Waals surface area (Å²) in [6.07, 6.45) is 7.02. The van der Waals surface area contributed by atoms with Gasteiger partial charge in [0.05, 0.1) is 11.2 Å². The largest absolute Gasteiger partial charge is 0.382 e. The molecule has 0 aliphatic heterocycles. The first-order valence-electron chi connectivity index (χ1n) is 9.21. The van der Waals surface area contributed by atoms with E-state index in [4.69, 9.17) is 4.18 Å². The highest BCUT2D eigenvalue weighted by molar-refractivity contribution is 7.87. The smallest absolute Gasteiger partial charge is 0.308 e. The van der Waals surface area contributed by atoms with Gasteiger partial charge in [-0.05, 0) is 87.5 Å². The minimum Gasteiger partial charge on any atom is -0.382 e. The Balaban J connectivity index is 1.45. The molecule has 1 aromatic carbocycles. The third-order valence-electron chi connectivity index (χ3n) is 6.21. The van der Waals surface area contributed by atoms with Gasteiger partial charge in [0.1, 0.15) is 5.75 Å². The molecule has 25 heavy (non-hydrogen) atoms. The zero-order chi connectivity index (χ0) is 17.7. The van der Waals surface area contributed by atoms with Crippen LogP contribution in [0.3, 0.4) is 0 Å². The SMILES string of the molecule is CCS(=O)(=O)Oc1ccc(NC(=O)C23CC4CC(CC(C4)C2)C3)cc1. The van der Waals surface area contributed by atoms with E-state index in [9.17, 15) is 13.2 Å². The summed E-state index contributed by atoms with van der Waals surface area (Å²) in [5.41, 5.74) is 0.511. The van der Waals surface area contributed by atoms with Crippen LogP contribution in [-0.2, 0) is 14.9 Å². The van der Waals surface area contributed by atoms with Crippen LogP contribution in [0, 0.1) is 23.2 Å². The molecule has 0 saturated heterocycles. The Morgan fingerprint density at radius 2 is 1.60 bits per heavy atom. The molecule has 136 valence electrons. The summed E-state index contributed by atoms with van der Waals surface area (Å²) in [4.78, 5) is 13.0. The molecule has 0 spiro atoms. The summed E-state index contributed by atoms with van der Waals surface area (Å²) < 4.78 is 28.0. The summed E-state index contributed by atoms with van der Waals surface area (Å²) >= 11 is 0. The van der Waals surface area contributed by atoms with E-state index in [0.717, 1.165) is 37.0 Å². The van der Waals surface area contributed by atoms with E-state index in [1.807, 2.05) is 0 Å². The van der Waals surface area contributed by atoms with E-state index < -0.39 is 10.1 Å². The Morgan fingerprint density at radius 1 is 1.08 bits per heavy atom. The molecule has 5 rings (SSSR count). The van der Waals surface area contributed by atoms with Crippen molar-refractivity contribution in [1.82, 2.24) is 0 Å². The third-order valence-corrected chi connectivity index (χ3v) is 7.36. The number of carbonyl (C=O) groups is 1. The molecule has 0 atom stereocenters. The minimum absolute atomic E-state index is 0.0719. The molecular formula is C19H25NO4S. The Kier molecular flexibility index (Phi) is 4.06. The number of benzene rings is 1. The molecule has 6 heteroatoms. The van der Waals surface area contributed by atoms with Crippen LogP contribution in [-0.4, -0.2) is 20.1 Å². The molecular weight excluding hydrogens is 338 g/mol. The zero-order valence-corrected chi connectivity index (χ0v) is 15.3. The quantitative estimate of drug-likeness (QED) is 0.812. The molecule has 4 bridgehead atoms. The monoisotopic (exact) mass is 363 g/mol. The fourth-order valence-corrected chi connectivity index (χ4v) is 5.97. The summed E-state index contributed by atoms with van der Waals surface area (Å²) in [5, 5.41) is 3.06. The van der Waals surface area contributed by atoms with Crippen LogP contribution in [0.1, 0.15) is 45.4 Å². The number of rotatable bonds is 5. The van der Waals surface area contributed by atoms with Crippen LogP contribution < -0.4 is 9.50 Å². The second kappa shape index (κ2) is 6.01. The van der Waals surface area contributed by atoms with Crippen LogP contribution in [0.25, 0.3) is 0 Å². The van der Waals surface area contributed by atoms with Crippen molar-refractivity contribution < 1.29 is 17.4 Å². The van der Waals surface area contributed by atoms with E-state index in [2.05, 4.69) is 5.32 Å². The maximum atomic E-state index is 13.0. The number of hydrogen-bond acceptors (Lipinski definition) is 4. The number of amides is 1. The molecule has 4 saturated carbocycles. The van der Waals surface area contributed by atoms with Gasteiger partial charge in [-0.2, -0.15) is 8.42 Å². The highest BCUT2D eigenvalue weighted by Gasteiger charge is 2.54. The van der Waals surface area contributed by atoms with Gasteiger partial charge in [-0.25, -0.2) is 0 Å². The first-order valence-corrected chi connectivity index (χ1v) is 10.8. The predicted molar refractivity (Wildman–Crippen MR) is 95.8 cm³/mol. The van der Waals surface area contributed by atoms with Crippen LogP contribution in [0.5, 0.6) is 5.75 Å². The molecule has 4 aliphatic rings. The second-order valence-electron chi connectivity index (χ2n) is 8.11. The zero-order valence-electron chi connectivity index (χ0n) is 14.5. The maximum Gasteiger partial charge on any atom is 0.308 e. The van der Waals surface area contributed by atoms with E-state index in [1.54, 1.807) is 24.3 Å². The van der Waals surface area contributed by atoms with Gasteiger partial charge in [-0.15, -0.1) is 0 Å². The highest BCUT2D eigenvalue weighted by Crippen LogP contribution is 2.60. The first kappa shape index (κ1) is 16.9. The first-order chi connectivity index (χ1) is 11.9. The number of carbonyl (C=O) groups excluding carboxylic acids is 1. The second-order valence-corrected chi connectivity index (χ2v) is 9.97. The highest BCUT2D eigenvalue weighted by atomic mass is 32.2. The van der Waals surface area contributed by atoms with Gasteiger partial charge in [0.25, 0.3) is 0 Å². The van der Waals surface area contributed by atoms with Crippen molar-refractivity contribution in [3.05, 3.63) is 24.3 Å². The van der Waals surface area contributed by atoms with Crippen molar-refractivity contribution in [1.29, 1.82) is 0 Å². The lowest BCUT2D eigenvalue weighted by atomic mass is 9.49. The number of nitrogens with one attached hydrogen (secondary N) is 1. The van der Waals surface area contributed by atoms with Gasteiger partial charge in [-0.1, -0.05) is 0 Å². The summed E-state index contributed by atoms with van der Waals surface area (Å²) in [6, 6.07) is 6.59. The summed E-state index contributed by atoms with van der Waals surface area (Å²) in [7, 11) is -3.53. The van der Waals surface area contributed by atoms with Gasteiger partial charge in [0.15, 0.2) is 0 Å². The van der Waals surface area contributed by atoms with Crippen molar-refractivity contribution >= 4 is 21.7 Å². The van der Waals surface area contributed by atoms with Crippen molar-refractivity contribution in [2.45, 2.75) is 45.4 Å². The van der Waals surface area contributed by atoms with E-state index in [-0.39, 0.29) is 22.8 Å². The molecule has 4 aliphatic carbocycles. The van der Waals surface area contributed by atoms with Crippen molar-refractivity contribution in [2.75, 3.05) is 11.1 Å². The van der Waals surface area contributed by atoms with Crippen molar-refractivity contribution in [3.8, 4) is 5.75 Å². The van der Waals surface area contributed by atoms with E-state index in [1.165, 1.54) is 26.2 Å². The van der Waals surface area contributed by atoms with Crippen LogP contribution >= 0.6 is 0 Å². The topological polar surface area (TPSA) is 72.5 Å². The van der Waals surface area contributed by atoms with Crippen LogP contribution in [0.2, 0.25) is 0 Å². The molecule has 1 N–H and O–H groups in total. The lowest BCUT2D eigenvalue weighted by molar-refractivity contribution is -0.140. The molecule has 5 nitrogen and oxygen atoms in total. The lowest BCUT2D eigenvalue weighted by Gasteiger charge is -2.55. The van der Waals surface area contributed by atoms with Gasteiger partial charge < -0.3 is 9.50 Å². The Labute approximate surface area is 149 Å². The van der Waals surface area contributed by atoms with Crippen molar-refractivity contribution in [2.24, 2.45) is 23.2 Å². The maximum absolute atomic E-state index is 13.0. The average Bonchev–Trinajstić information content (AvgIpc) is 2.55. The standard InChI is InChI=1S/C19H25NO4S/c1-2-25(22,23)24-17-5-3-16(4-6-17)20-18(21)19-10-13-7-14(11-19)9-15(8-13)12-19/h3-6,13-15H,2,7-12H2,1H3,(H,20,21). The molecule has 1 aromatic rings. The molecule has 0 radical (unpaired) electrons. The third kappa shape index (κ3) is 3.28. The fraction of sp³-hybridized carbons (Fsp3) is 0.632. The summed E-state index contributed by atoms with van der Waals surface area (Å²) in [5.74, 6) is 2.53. The molecule has 0 unspecified atom stereocenters. The van der Waals surface area contributed by atoms with Gasteiger partial charge >= 0.3 is 10.1 Å². The van der Waals surface area contributed by atoms with E-state index >= 15 is 0 Å². The van der Waals surface area contributed by atoms with Crippen molar-refractivity contribution in [3.63, 3.8) is 0 Å². The summed E-state index contributed by atoms with van der Waals surface area (Å²) in [6.45, 7) is 1.54. The van der Waals surface area contributed by atoms with Crippen LogP contribution in [0.4, 0.5) is 5.69 Å². The number of anilines is 1. The predicted octanol–water partition coefficient (Wildman–Crippen LogP) is 3.57. The Hall–Kier alpha value is -1.56. The van der Waals surface area contributed by atoms with Gasteiger partial charge in [-0.3, -0.25) is 4.79 Å². The normalized spacial score (nSPS) is 33.2. The molecule has 4 fully saturated rings. The van der Waals surface area contributed by atoms with Gasteiger partial charge in [0.2, 0.25) is 5.91 Å². The fourth-order valence-electron chi connectivity index (χ4n) is 5.45. The Bertz CT molecular complexity index is 734. The molecule has 0 aromatic heterocycles. The number of hydrogen-bond donors (Lipinski definition) is 1. The molecule has 1 amide bonds. The minimum atomic E-state index is -3.53.